The molecular weight excluding hydrogens is 247 g/mol. The number of morpholine rings is 1. The zero-order chi connectivity index (χ0) is 13.2. The minimum Gasteiger partial charge on any atom is -0.379 e. The molecule has 1 saturated heterocycles. The number of rotatable bonds is 3. The molecule has 0 bridgehead atoms. The third-order valence-corrected chi connectivity index (χ3v) is 3.48. The van der Waals surface area contributed by atoms with Crippen LogP contribution in [-0.4, -0.2) is 47.3 Å². The Hall–Kier alpha value is -1.66. The van der Waals surface area contributed by atoms with E-state index in [1.807, 2.05) is 4.57 Å². The molecule has 0 atom stereocenters. The first-order chi connectivity index (χ1) is 9.24. The van der Waals surface area contributed by atoms with E-state index in [2.05, 4.69) is 9.88 Å². The lowest BCUT2D eigenvalue weighted by molar-refractivity contribution is 0.0366. The molecule has 102 valence electrons. The monoisotopic (exact) mass is 264 g/mol. The molecule has 0 amide bonds. The van der Waals surface area contributed by atoms with Crippen molar-refractivity contribution < 1.29 is 9.13 Å². The van der Waals surface area contributed by atoms with Gasteiger partial charge in [0.25, 0.3) is 0 Å². The van der Waals surface area contributed by atoms with E-state index in [9.17, 15) is 4.39 Å². The molecule has 3 rings (SSSR count). The second kappa shape index (κ2) is 5.14. The van der Waals surface area contributed by atoms with Crippen LogP contribution in [0.4, 0.5) is 10.3 Å². The number of aromatic nitrogens is 2. The van der Waals surface area contributed by atoms with E-state index >= 15 is 0 Å². The molecule has 1 fully saturated rings. The first-order valence-corrected chi connectivity index (χ1v) is 6.45. The molecule has 0 spiro atoms. The van der Waals surface area contributed by atoms with Gasteiger partial charge in [-0.2, -0.15) is 0 Å². The molecule has 1 aliphatic heterocycles. The van der Waals surface area contributed by atoms with Gasteiger partial charge in [-0.25, -0.2) is 9.37 Å². The second-order valence-electron chi connectivity index (χ2n) is 4.71. The van der Waals surface area contributed by atoms with E-state index in [1.54, 1.807) is 6.07 Å². The first-order valence-electron chi connectivity index (χ1n) is 6.45. The molecule has 1 aromatic carbocycles. The smallest absolute Gasteiger partial charge is 0.201 e. The highest BCUT2D eigenvalue weighted by Crippen LogP contribution is 2.19. The van der Waals surface area contributed by atoms with Gasteiger partial charge in [0.15, 0.2) is 0 Å². The van der Waals surface area contributed by atoms with Crippen molar-refractivity contribution in [2.24, 2.45) is 0 Å². The summed E-state index contributed by atoms with van der Waals surface area (Å²) in [5.74, 6) is 0.175. The highest BCUT2D eigenvalue weighted by Gasteiger charge is 2.13. The summed E-state index contributed by atoms with van der Waals surface area (Å²) in [7, 11) is 0. The number of imidazole rings is 1. The standard InChI is InChI=1S/C13H17FN4O/c14-10-1-2-11-12(9-10)18(13(15)16-11)4-3-17-5-7-19-8-6-17/h1-2,9H,3-8H2,(H2,15,16). The number of nitrogen functional groups attached to an aromatic ring is 1. The molecule has 1 aliphatic rings. The molecule has 2 heterocycles. The minimum absolute atomic E-state index is 0.264. The van der Waals surface area contributed by atoms with Crippen molar-refractivity contribution in [1.82, 2.24) is 14.5 Å². The van der Waals surface area contributed by atoms with Crippen LogP contribution in [0.3, 0.4) is 0 Å². The second-order valence-corrected chi connectivity index (χ2v) is 4.71. The Bertz CT molecular complexity index is 577. The van der Waals surface area contributed by atoms with Gasteiger partial charge in [0.2, 0.25) is 5.95 Å². The molecule has 1 aromatic heterocycles. The number of fused-ring (bicyclic) bond motifs is 1. The number of nitrogens with zero attached hydrogens (tertiary/aromatic N) is 3. The average Bonchev–Trinajstić information content (AvgIpc) is 2.73. The van der Waals surface area contributed by atoms with E-state index in [0.29, 0.717) is 12.5 Å². The lowest BCUT2D eigenvalue weighted by Gasteiger charge is -2.26. The van der Waals surface area contributed by atoms with E-state index in [0.717, 1.165) is 43.9 Å². The van der Waals surface area contributed by atoms with Gasteiger partial charge < -0.3 is 15.0 Å². The van der Waals surface area contributed by atoms with Gasteiger partial charge >= 0.3 is 0 Å². The molecule has 0 aliphatic carbocycles. The highest BCUT2D eigenvalue weighted by molar-refractivity contribution is 5.78. The molecule has 0 saturated carbocycles. The van der Waals surface area contributed by atoms with Gasteiger partial charge in [-0.15, -0.1) is 0 Å². The number of anilines is 1. The topological polar surface area (TPSA) is 56.3 Å². The Labute approximate surface area is 110 Å². The summed E-state index contributed by atoms with van der Waals surface area (Å²) in [6.07, 6.45) is 0. The molecule has 0 radical (unpaired) electrons. The Balaban J connectivity index is 1.79. The number of benzene rings is 1. The van der Waals surface area contributed by atoms with Crippen molar-refractivity contribution in [3.05, 3.63) is 24.0 Å². The third-order valence-electron chi connectivity index (χ3n) is 3.48. The maximum atomic E-state index is 13.3. The van der Waals surface area contributed by atoms with E-state index in [4.69, 9.17) is 10.5 Å². The van der Waals surface area contributed by atoms with Crippen LogP contribution in [0.5, 0.6) is 0 Å². The third kappa shape index (κ3) is 2.54. The fourth-order valence-corrected chi connectivity index (χ4v) is 2.42. The van der Waals surface area contributed by atoms with Gasteiger partial charge in [-0.3, -0.25) is 4.90 Å². The summed E-state index contributed by atoms with van der Waals surface area (Å²) in [4.78, 5) is 6.56. The summed E-state index contributed by atoms with van der Waals surface area (Å²) in [6.45, 7) is 4.99. The quantitative estimate of drug-likeness (QED) is 0.901. The summed E-state index contributed by atoms with van der Waals surface area (Å²) in [5.41, 5.74) is 7.40. The molecule has 0 unspecified atom stereocenters. The van der Waals surface area contributed by atoms with Crippen LogP contribution < -0.4 is 5.73 Å². The van der Waals surface area contributed by atoms with Gasteiger partial charge in [-0.05, 0) is 18.2 Å². The van der Waals surface area contributed by atoms with Crippen molar-refractivity contribution in [2.45, 2.75) is 6.54 Å². The number of halogens is 1. The van der Waals surface area contributed by atoms with Crippen LogP contribution in [0, 0.1) is 5.82 Å². The van der Waals surface area contributed by atoms with Gasteiger partial charge in [0, 0.05) is 26.2 Å². The van der Waals surface area contributed by atoms with E-state index in [-0.39, 0.29) is 5.82 Å². The molecule has 19 heavy (non-hydrogen) atoms. The van der Waals surface area contributed by atoms with Crippen molar-refractivity contribution >= 4 is 17.0 Å². The predicted molar refractivity (Wildman–Crippen MR) is 71.4 cm³/mol. The number of nitrogens with two attached hydrogens (primary N) is 1. The summed E-state index contributed by atoms with van der Waals surface area (Å²) in [5, 5.41) is 0. The lowest BCUT2D eigenvalue weighted by Crippen LogP contribution is -2.38. The zero-order valence-electron chi connectivity index (χ0n) is 10.7. The fourth-order valence-electron chi connectivity index (χ4n) is 2.42. The number of ether oxygens (including phenoxy) is 1. The Morgan fingerprint density at radius 2 is 2.05 bits per heavy atom. The summed E-state index contributed by atoms with van der Waals surface area (Å²) >= 11 is 0. The normalized spacial score (nSPS) is 17.1. The zero-order valence-corrected chi connectivity index (χ0v) is 10.7. The maximum Gasteiger partial charge on any atom is 0.201 e. The van der Waals surface area contributed by atoms with Gasteiger partial charge in [0.1, 0.15) is 5.82 Å². The predicted octanol–water partition coefficient (Wildman–Crippen LogP) is 1.09. The van der Waals surface area contributed by atoms with E-state index in [1.165, 1.54) is 12.1 Å². The Morgan fingerprint density at radius 3 is 2.84 bits per heavy atom. The van der Waals surface area contributed by atoms with Crippen LogP contribution in [0.25, 0.3) is 11.0 Å². The molecular formula is C13H17FN4O. The maximum absolute atomic E-state index is 13.3. The minimum atomic E-state index is -0.264. The van der Waals surface area contributed by atoms with Crippen LogP contribution in [0.2, 0.25) is 0 Å². The van der Waals surface area contributed by atoms with Crippen molar-refractivity contribution in [3.63, 3.8) is 0 Å². The summed E-state index contributed by atoms with van der Waals surface area (Å²) in [6, 6.07) is 4.55. The van der Waals surface area contributed by atoms with Gasteiger partial charge in [0.05, 0.1) is 24.2 Å². The van der Waals surface area contributed by atoms with Crippen molar-refractivity contribution in [1.29, 1.82) is 0 Å². The number of hydrogen-bond donors (Lipinski definition) is 1. The molecule has 6 heteroatoms. The Morgan fingerprint density at radius 1 is 1.26 bits per heavy atom. The summed E-state index contributed by atoms with van der Waals surface area (Å²) < 4.78 is 20.5. The highest BCUT2D eigenvalue weighted by atomic mass is 19.1. The van der Waals surface area contributed by atoms with Crippen molar-refractivity contribution in [2.75, 3.05) is 38.6 Å². The average molecular weight is 264 g/mol. The van der Waals surface area contributed by atoms with Crippen LogP contribution in [-0.2, 0) is 11.3 Å². The lowest BCUT2D eigenvalue weighted by atomic mass is 10.3. The SMILES string of the molecule is Nc1nc2ccc(F)cc2n1CCN1CCOCC1. The van der Waals surface area contributed by atoms with Crippen molar-refractivity contribution in [3.8, 4) is 0 Å². The van der Waals surface area contributed by atoms with Gasteiger partial charge in [-0.1, -0.05) is 0 Å². The van der Waals surface area contributed by atoms with Crippen LogP contribution in [0.1, 0.15) is 0 Å². The molecule has 2 aromatic rings. The molecule has 2 N–H and O–H groups in total. The Kier molecular flexibility index (Phi) is 3.35. The first kappa shape index (κ1) is 12.4. The molecule has 5 nitrogen and oxygen atoms in total. The fraction of sp³-hybridized carbons (Fsp3) is 0.462. The largest absolute Gasteiger partial charge is 0.379 e. The van der Waals surface area contributed by atoms with E-state index < -0.39 is 0 Å². The van der Waals surface area contributed by atoms with Crippen LogP contribution >= 0.6 is 0 Å². The van der Waals surface area contributed by atoms with Crippen LogP contribution in [0.15, 0.2) is 18.2 Å². The number of hydrogen-bond acceptors (Lipinski definition) is 4.